The quantitative estimate of drug-likeness (QED) is 0.942. The third-order valence-electron chi connectivity index (χ3n) is 3.59. The molecule has 0 spiro atoms. The summed E-state index contributed by atoms with van der Waals surface area (Å²) in [6, 6.07) is 9.66. The van der Waals surface area contributed by atoms with E-state index < -0.39 is 10.0 Å². The fourth-order valence-electron chi connectivity index (χ4n) is 2.59. The number of benzene rings is 1. The zero-order chi connectivity index (χ0) is 13.3. The van der Waals surface area contributed by atoms with Crippen LogP contribution in [0, 0.1) is 0 Å². The lowest BCUT2D eigenvalue weighted by Crippen LogP contribution is -2.35. The molecule has 1 aliphatic rings. The van der Waals surface area contributed by atoms with Gasteiger partial charge in [-0.15, -0.1) is 11.3 Å². The molecule has 1 N–H and O–H groups in total. The molecular formula is C14H17NO2S2. The molecule has 2 aromatic rings. The molecule has 0 radical (unpaired) electrons. The molecule has 1 aliphatic carbocycles. The van der Waals surface area contributed by atoms with E-state index in [1.54, 1.807) is 6.07 Å². The summed E-state index contributed by atoms with van der Waals surface area (Å²) in [4.78, 5) is 0. The third-order valence-corrected chi connectivity index (χ3v) is 6.70. The van der Waals surface area contributed by atoms with Crippen molar-refractivity contribution in [3.8, 4) is 0 Å². The molecule has 1 aromatic heterocycles. The minimum absolute atomic E-state index is 0.115. The van der Waals surface area contributed by atoms with Gasteiger partial charge in [-0.1, -0.05) is 37.5 Å². The van der Waals surface area contributed by atoms with Crippen LogP contribution in [0.4, 0.5) is 0 Å². The van der Waals surface area contributed by atoms with E-state index in [4.69, 9.17) is 0 Å². The van der Waals surface area contributed by atoms with Gasteiger partial charge in [-0.3, -0.25) is 0 Å². The van der Waals surface area contributed by atoms with Crippen molar-refractivity contribution in [2.75, 3.05) is 0 Å². The molecule has 5 heteroatoms. The lowest BCUT2D eigenvalue weighted by atomic mass is 9.96. The standard InChI is InChI=1S/C14H17NO2S2/c16-19(17,15-12-7-2-1-3-8-12)14-10-11-6-4-5-9-13(11)18-14/h4-6,9-10,12,15H,1-3,7-8H2. The van der Waals surface area contributed by atoms with E-state index in [9.17, 15) is 8.42 Å². The van der Waals surface area contributed by atoms with Crippen molar-refractivity contribution in [2.45, 2.75) is 42.4 Å². The number of rotatable bonds is 3. The molecule has 0 unspecified atom stereocenters. The van der Waals surface area contributed by atoms with Crippen LogP contribution in [0.15, 0.2) is 34.5 Å². The summed E-state index contributed by atoms with van der Waals surface area (Å²) in [6.45, 7) is 0. The van der Waals surface area contributed by atoms with Crippen LogP contribution < -0.4 is 4.72 Å². The number of hydrogen-bond donors (Lipinski definition) is 1. The van der Waals surface area contributed by atoms with Gasteiger partial charge in [0.15, 0.2) is 0 Å². The van der Waals surface area contributed by atoms with E-state index in [-0.39, 0.29) is 6.04 Å². The first-order valence-electron chi connectivity index (χ1n) is 6.66. The fourth-order valence-corrected chi connectivity index (χ4v) is 5.31. The van der Waals surface area contributed by atoms with E-state index in [1.807, 2.05) is 24.3 Å². The molecule has 0 amide bonds. The molecule has 1 heterocycles. The van der Waals surface area contributed by atoms with Gasteiger partial charge in [0.1, 0.15) is 4.21 Å². The van der Waals surface area contributed by atoms with Crippen LogP contribution in [0.3, 0.4) is 0 Å². The molecular weight excluding hydrogens is 278 g/mol. The maximum absolute atomic E-state index is 12.4. The molecule has 1 aromatic carbocycles. The predicted octanol–water partition coefficient (Wildman–Crippen LogP) is 3.51. The maximum Gasteiger partial charge on any atom is 0.250 e. The van der Waals surface area contributed by atoms with Gasteiger partial charge in [-0.05, 0) is 30.4 Å². The molecule has 1 saturated carbocycles. The summed E-state index contributed by atoms with van der Waals surface area (Å²) in [5, 5.41) is 0.997. The minimum atomic E-state index is -3.35. The van der Waals surface area contributed by atoms with Crippen molar-refractivity contribution in [1.29, 1.82) is 0 Å². The van der Waals surface area contributed by atoms with Crippen LogP contribution in [0.25, 0.3) is 10.1 Å². The first-order chi connectivity index (χ1) is 9.15. The maximum atomic E-state index is 12.4. The number of hydrogen-bond acceptors (Lipinski definition) is 3. The van der Waals surface area contributed by atoms with E-state index in [0.717, 1.165) is 35.8 Å². The van der Waals surface area contributed by atoms with Crippen molar-refractivity contribution < 1.29 is 8.42 Å². The van der Waals surface area contributed by atoms with Crippen LogP contribution >= 0.6 is 11.3 Å². The summed E-state index contributed by atoms with van der Waals surface area (Å²) < 4.78 is 29.0. The van der Waals surface area contributed by atoms with Crippen LogP contribution in [-0.4, -0.2) is 14.5 Å². The largest absolute Gasteiger partial charge is 0.250 e. The number of sulfonamides is 1. The molecule has 0 aliphatic heterocycles. The summed E-state index contributed by atoms with van der Waals surface area (Å²) >= 11 is 1.34. The molecule has 102 valence electrons. The zero-order valence-corrected chi connectivity index (χ0v) is 12.3. The zero-order valence-electron chi connectivity index (χ0n) is 10.6. The van der Waals surface area contributed by atoms with Crippen LogP contribution in [0.1, 0.15) is 32.1 Å². The lowest BCUT2D eigenvalue weighted by Gasteiger charge is -2.22. The molecule has 19 heavy (non-hydrogen) atoms. The normalized spacial score (nSPS) is 17.9. The molecule has 0 atom stereocenters. The Balaban J connectivity index is 1.86. The Morgan fingerprint density at radius 2 is 1.84 bits per heavy atom. The van der Waals surface area contributed by atoms with Crippen molar-refractivity contribution in [2.24, 2.45) is 0 Å². The van der Waals surface area contributed by atoms with Gasteiger partial charge in [0.2, 0.25) is 10.0 Å². The third kappa shape index (κ3) is 2.83. The molecule has 3 nitrogen and oxygen atoms in total. The molecule has 3 rings (SSSR count). The first kappa shape index (κ1) is 13.1. The average molecular weight is 295 g/mol. The SMILES string of the molecule is O=S(=O)(NC1CCCCC1)c1cc2ccccc2s1. The van der Waals surface area contributed by atoms with Gasteiger partial charge in [0.25, 0.3) is 0 Å². The van der Waals surface area contributed by atoms with Crippen LogP contribution in [0.2, 0.25) is 0 Å². The minimum Gasteiger partial charge on any atom is -0.207 e. The Hall–Kier alpha value is -0.910. The van der Waals surface area contributed by atoms with Gasteiger partial charge < -0.3 is 0 Å². The predicted molar refractivity (Wildman–Crippen MR) is 79.0 cm³/mol. The van der Waals surface area contributed by atoms with Crippen molar-refractivity contribution >= 4 is 31.4 Å². The van der Waals surface area contributed by atoms with Crippen LogP contribution in [0.5, 0.6) is 0 Å². The second-order valence-corrected chi connectivity index (χ2v) is 8.08. The second-order valence-electron chi connectivity index (χ2n) is 5.06. The highest BCUT2D eigenvalue weighted by Gasteiger charge is 2.23. The summed E-state index contributed by atoms with van der Waals surface area (Å²) in [5.74, 6) is 0. The van der Waals surface area contributed by atoms with Crippen LogP contribution in [-0.2, 0) is 10.0 Å². The Labute approximate surface area is 117 Å². The van der Waals surface area contributed by atoms with E-state index in [0.29, 0.717) is 4.21 Å². The van der Waals surface area contributed by atoms with E-state index >= 15 is 0 Å². The average Bonchev–Trinajstić information content (AvgIpc) is 2.84. The van der Waals surface area contributed by atoms with Crippen molar-refractivity contribution in [3.63, 3.8) is 0 Å². The summed E-state index contributed by atoms with van der Waals surface area (Å²) in [5.41, 5.74) is 0. The topological polar surface area (TPSA) is 46.2 Å². The van der Waals surface area contributed by atoms with Gasteiger partial charge >= 0.3 is 0 Å². The Kier molecular flexibility index (Phi) is 3.60. The highest BCUT2D eigenvalue weighted by Crippen LogP contribution is 2.29. The highest BCUT2D eigenvalue weighted by molar-refractivity contribution is 7.91. The number of fused-ring (bicyclic) bond motifs is 1. The summed E-state index contributed by atoms with van der Waals surface area (Å²) in [6.07, 6.45) is 5.40. The molecule has 1 fully saturated rings. The number of nitrogens with one attached hydrogen (secondary N) is 1. The smallest absolute Gasteiger partial charge is 0.207 e. The molecule has 0 saturated heterocycles. The first-order valence-corrected chi connectivity index (χ1v) is 8.96. The van der Waals surface area contributed by atoms with Gasteiger partial charge in [0, 0.05) is 10.7 Å². The van der Waals surface area contributed by atoms with E-state index in [2.05, 4.69) is 4.72 Å². The van der Waals surface area contributed by atoms with E-state index in [1.165, 1.54) is 17.8 Å². The second kappa shape index (κ2) is 5.23. The fraction of sp³-hybridized carbons (Fsp3) is 0.429. The van der Waals surface area contributed by atoms with Crippen molar-refractivity contribution in [3.05, 3.63) is 30.3 Å². The van der Waals surface area contributed by atoms with Gasteiger partial charge in [-0.2, -0.15) is 0 Å². The highest BCUT2D eigenvalue weighted by atomic mass is 32.2. The Bertz CT molecular complexity index is 637. The van der Waals surface area contributed by atoms with Crippen molar-refractivity contribution in [1.82, 2.24) is 4.72 Å². The molecule has 0 bridgehead atoms. The Morgan fingerprint density at radius 1 is 1.11 bits per heavy atom. The van der Waals surface area contributed by atoms with Gasteiger partial charge in [0.05, 0.1) is 0 Å². The summed E-state index contributed by atoms with van der Waals surface area (Å²) in [7, 11) is -3.35. The number of thiophene rings is 1. The lowest BCUT2D eigenvalue weighted by molar-refractivity contribution is 0.412. The monoisotopic (exact) mass is 295 g/mol. The van der Waals surface area contributed by atoms with Gasteiger partial charge in [-0.25, -0.2) is 13.1 Å². The Morgan fingerprint density at radius 3 is 2.58 bits per heavy atom.